The van der Waals surface area contributed by atoms with Gasteiger partial charge in [-0.05, 0) is 35.2 Å². The summed E-state index contributed by atoms with van der Waals surface area (Å²) >= 11 is 0. The highest BCUT2D eigenvalue weighted by atomic mass is 19.4. The van der Waals surface area contributed by atoms with E-state index in [4.69, 9.17) is 0 Å². The number of ether oxygens (including phenoxy) is 1. The maximum absolute atomic E-state index is 13.4. The van der Waals surface area contributed by atoms with Crippen LogP contribution in [-0.4, -0.2) is 33.0 Å². The zero-order valence-corrected chi connectivity index (χ0v) is 17.5. The quantitative estimate of drug-likeness (QED) is 0.343. The van der Waals surface area contributed by atoms with Crippen molar-refractivity contribution in [3.05, 3.63) is 101 Å². The molecule has 0 spiro atoms. The van der Waals surface area contributed by atoms with Gasteiger partial charge in [-0.3, -0.25) is 9.69 Å². The van der Waals surface area contributed by atoms with Gasteiger partial charge in [0.1, 0.15) is 5.75 Å². The van der Waals surface area contributed by atoms with Crippen LogP contribution < -0.4 is 4.74 Å². The van der Waals surface area contributed by atoms with E-state index in [-0.39, 0.29) is 23.2 Å². The number of hydrogen-bond acceptors (Lipinski definition) is 4. The molecule has 5 rings (SSSR count). The molecule has 2 heterocycles. The molecule has 4 aromatic rings. The highest BCUT2D eigenvalue weighted by Crippen LogP contribution is 2.48. The number of alkyl halides is 3. The van der Waals surface area contributed by atoms with Crippen molar-refractivity contribution in [1.82, 2.24) is 9.88 Å². The molecule has 1 aliphatic heterocycles. The average Bonchev–Trinajstić information content (AvgIpc) is 3.37. The van der Waals surface area contributed by atoms with E-state index >= 15 is 0 Å². The molecular weight excluding hydrogens is 449 g/mol. The van der Waals surface area contributed by atoms with Gasteiger partial charge in [-0.2, -0.15) is 13.2 Å². The first-order valence-corrected chi connectivity index (χ1v) is 10.3. The van der Waals surface area contributed by atoms with Crippen molar-refractivity contribution in [2.24, 2.45) is 0 Å². The van der Waals surface area contributed by atoms with Crippen LogP contribution in [0.2, 0.25) is 0 Å². The first-order chi connectivity index (χ1) is 16.2. The molecule has 3 aromatic carbocycles. The summed E-state index contributed by atoms with van der Waals surface area (Å²) in [6, 6.07) is 19.4. The third-order valence-electron chi connectivity index (χ3n) is 5.82. The van der Waals surface area contributed by atoms with Crippen molar-refractivity contribution in [2.45, 2.75) is 18.4 Å². The lowest BCUT2D eigenvalue weighted by Crippen LogP contribution is -2.44. The van der Waals surface area contributed by atoms with Crippen molar-refractivity contribution in [3.63, 3.8) is 0 Å². The van der Waals surface area contributed by atoms with E-state index in [1.165, 1.54) is 12.1 Å². The Morgan fingerprint density at radius 3 is 2.53 bits per heavy atom. The molecule has 1 unspecified atom stereocenters. The summed E-state index contributed by atoms with van der Waals surface area (Å²) in [6.07, 6.45) is -3.55. The lowest BCUT2D eigenvalue weighted by atomic mass is 9.92. The van der Waals surface area contributed by atoms with Gasteiger partial charge in [-0.15, -0.1) is 0 Å². The number of aromatic amines is 1. The number of rotatable bonds is 4. The van der Waals surface area contributed by atoms with Gasteiger partial charge in [0, 0.05) is 23.8 Å². The van der Waals surface area contributed by atoms with Gasteiger partial charge in [0.2, 0.25) is 0 Å². The number of H-pyrrole nitrogens is 1. The van der Waals surface area contributed by atoms with Crippen molar-refractivity contribution in [3.8, 4) is 5.75 Å². The van der Waals surface area contributed by atoms with Crippen LogP contribution in [0.1, 0.15) is 27.0 Å². The fourth-order valence-corrected chi connectivity index (χ4v) is 4.26. The molecule has 9 heteroatoms. The normalized spacial score (nSPS) is 17.8. The van der Waals surface area contributed by atoms with E-state index in [1.807, 2.05) is 6.07 Å². The number of nitrogens with zero attached hydrogens (tertiary/aromatic N) is 1. The second-order valence-electron chi connectivity index (χ2n) is 7.89. The van der Waals surface area contributed by atoms with Gasteiger partial charge >= 0.3 is 12.1 Å². The maximum atomic E-state index is 13.4. The molecule has 0 saturated heterocycles. The minimum absolute atomic E-state index is 0.0414. The number of benzene rings is 3. The number of nitrogens with one attached hydrogen (secondary N) is 1. The van der Waals surface area contributed by atoms with Crippen LogP contribution in [0.3, 0.4) is 0 Å². The summed E-state index contributed by atoms with van der Waals surface area (Å²) in [6.45, 7) is -0.0414. The maximum Gasteiger partial charge on any atom is 0.491 e. The average molecular weight is 466 g/mol. The molecule has 0 saturated carbocycles. The highest BCUT2D eigenvalue weighted by Gasteiger charge is 2.53. The van der Waals surface area contributed by atoms with Gasteiger partial charge in [-0.25, -0.2) is 4.79 Å². The molecule has 0 aliphatic carbocycles. The van der Waals surface area contributed by atoms with Crippen molar-refractivity contribution in [2.75, 3.05) is 0 Å². The van der Waals surface area contributed by atoms with Crippen LogP contribution in [0.4, 0.5) is 13.2 Å². The molecule has 34 heavy (non-hydrogen) atoms. The molecule has 6 nitrogen and oxygen atoms in total. The number of carbonyl (C=O) groups excluding carboxylic acids is 2. The number of aromatic nitrogens is 1. The zero-order chi connectivity index (χ0) is 24.1. The Balaban J connectivity index is 1.71. The van der Waals surface area contributed by atoms with Gasteiger partial charge in [-0.1, -0.05) is 48.5 Å². The second kappa shape index (κ2) is 7.74. The molecule has 172 valence electrons. The molecule has 0 radical (unpaired) electrons. The zero-order valence-electron chi connectivity index (χ0n) is 17.5. The first kappa shape index (κ1) is 21.7. The summed E-state index contributed by atoms with van der Waals surface area (Å²) in [7, 11) is 0. The lowest BCUT2D eigenvalue weighted by molar-refractivity contribution is -0.189. The van der Waals surface area contributed by atoms with Crippen LogP contribution in [0.15, 0.2) is 79.0 Å². The van der Waals surface area contributed by atoms with E-state index in [0.717, 1.165) is 16.4 Å². The van der Waals surface area contributed by atoms with E-state index in [9.17, 15) is 27.9 Å². The van der Waals surface area contributed by atoms with E-state index < -0.39 is 29.5 Å². The Kier molecular flexibility index (Phi) is 4.94. The number of halogens is 3. The van der Waals surface area contributed by atoms with Crippen molar-refractivity contribution >= 4 is 22.8 Å². The Labute approximate surface area is 191 Å². The Morgan fingerprint density at radius 1 is 1.03 bits per heavy atom. The number of aliphatic hydroxyl groups is 1. The summed E-state index contributed by atoms with van der Waals surface area (Å²) in [5.74, 6) is -3.60. The minimum Gasteiger partial charge on any atom is -0.419 e. The molecule has 0 bridgehead atoms. The van der Waals surface area contributed by atoms with Crippen LogP contribution in [0.25, 0.3) is 10.9 Å². The standard InChI is InChI=1S/C25H17F3N2O4/c26-25(27,28)23(32)34-20-8-4-7-18-21(20)24(33,17-10-9-16-11-12-29-19(16)13-17)30(22(18)31)14-15-5-2-1-3-6-15/h1-13,29,33H,14H2. The van der Waals surface area contributed by atoms with Crippen molar-refractivity contribution in [1.29, 1.82) is 0 Å². The van der Waals surface area contributed by atoms with Gasteiger partial charge in [0.05, 0.1) is 11.1 Å². The predicted octanol–water partition coefficient (Wildman–Crippen LogP) is 4.49. The largest absolute Gasteiger partial charge is 0.491 e. The minimum atomic E-state index is -5.25. The summed E-state index contributed by atoms with van der Waals surface area (Å²) in [5.41, 5.74) is -0.921. The predicted molar refractivity (Wildman–Crippen MR) is 116 cm³/mol. The molecular formula is C25H17F3N2O4. The highest BCUT2D eigenvalue weighted by molar-refractivity contribution is 6.01. The van der Waals surface area contributed by atoms with E-state index in [1.54, 1.807) is 54.7 Å². The number of fused-ring (bicyclic) bond motifs is 2. The lowest BCUT2D eigenvalue weighted by Gasteiger charge is -2.35. The number of hydrogen-bond donors (Lipinski definition) is 2. The summed E-state index contributed by atoms with van der Waals surface area (Å²) in [5, 5.41) is 13.0. The molecule has 0 fully saturated rings. The van der Waals surface area contributed by atoms with Crippen molar-refractivity contribution < 1.29 is 32.6 Å². The van der Waals surface area contributed by atoms with E-state index in [0.29, 0.717) is 11.1 Å². The Hall–Kier alpha value is -4.11. The molecule has 1 amide bonds. The van der Waals surface area contributed by atoms with Gasteiger partial charge in [0.15, 0.2) is 5.72 Å². The number of esters is 1. The van der Waals surface area contributed by atoms with Crippen LogP contribution in [-0.2, 0) is 17.1 Å². The van der Waals surface area contributed by atoms with Crippen LogP contribution in [0.5, 0.6) is 5.75 Å². The summed E-state index contributed by atoms with van der Waals surface area (Å²) in [4.78, 5) is 29.3. The monoisotopic (exact) mass is 466 g/mol. The molecule has 2 N–H and O–H groups in total. The molecule has 1 atom stereocenters. The fourth-order valence-electron chi connectivity index (χ4n) is 4.26. The Morgan fingerprint density at radius 2 is 1.79 bits per heavy atom. The van der Waals surface area contributed by atoms with E-state index in [2.05, 4.69) is 9.72 Å². The number of carbonyl (C=O) groups is 2. The molecule has 1 aliphatic rings. The Bertz CT molecular complexity index is 1410. The smallest absolute Gasteiger partial charge is 0.419 e. The summed E-state index contributed by atoms with van der Waals surface area (Å²) < 4.78 is 43.5. The third kappa shape index (κ3) is 3.41. The van der Waals surface area contributed by atoms with Crippen LogP contribution in [0, 0.1) is 0 Å². The second-order valence-corrected chi connectivity index (χ2v) is 7.89. The SMILES string of the molecule is O=C1c2cccc(OC(=O)C(F)(F)F)c2C(O)(c2ccc3cc[nH]c3c2)N1Cc1ccccc1. The van der Waals surface area contributed by atoms with Gasteiger partial charge in [0.25, 0.3) is 5.91 Å². The van der Waals surface area contributed by atoms with Crippen LogP contribution >= 0.6 is 0 Å². The first-order valence-electron chi connectivity index (χ1n) is 10.3. The van der Waals surface area contributed by atoms with Gasteiger partial charge < -0.3 is 14.8 Å². The topological polar surface area (TPSA) is 82.6 Å². The fraction of sp³-hybridized carbons (Fsp3) is 0.120. The third-order valence-corrected chi connectivity index (χ3v) is 5.82. The molecule has 1 aromatic heterocycles. The number of amides is 1.